The molecule has 0 saturated heterocycles. The summed E-state index contributed by atoms with van der Waals surface area (Å²) in [7, 11) is 1.83. The van der Waals surface area contributed by atoms with E-state index in [0.29, 0.717) is 17.0 Å². The molecule has 2 aromatic heterocycles. The summed E-state index contributed by atoms with van der Waals surface area (Å²) < 4.78 is 16.7. The molecule has 5 nitrogen and oxygen atoms in total. The van der Waals surface area contributed by atoms with E-state index in [4.69, 9.17) is 4.98 Å². The van der Waals surface area contributed by atoms with Gasteiger partial charge in [0.1, 0.15) is 23.4 Å². The Hall–Kier alpha value is -3.71. The second kappa shape index (κ2) is 7.27. The lowest BCUT2D eigenvalue weighted by atomic mass is 9.97. The predicted molar refractivity (Wildman–Crippen MR) is 116 cm³/mol. The second-order valence-electron chi connectivity index (χ2n) is 6.90. The Kier molecular flexibility index (Phi) is 4.44. The van der Waals surface area contributed by atoms with Crippen molar-refractivity contribution in [3.63, 3.8) is 0 Å². The van der Waals surface area contributed by atoms with Gasteiger partial charge in [-0.15, -0.1) is 21.5 Å². The van der Waals surface area contributed by atoms with Gasteiger partial charge in [-0.05, 0) is 47.5 Å². The zero-order valence-electron chi connectivity index (χ0n) is 15.9. The summed E-state index contributed by atoms with van der Waals surface area (Å²) in [6, 6.07) is 18.1. The van der Waals surface area contributed by atoms with E-state index in [1.165, 1.54) is 23.5 Å². The third-order valence-corrected chi connectivity index (χ3v) is 5.97. The van der Waals surface area contributed by atoms with Crippen molar-refractivity contribution in [1.29, 1.82) is 0 Å². The van der Waals surface area contributed by atoms with E-state index >= 15 is 0 Å². The molecule has 0 spiro atoms. The van der Waals surface area contributed by atoms with Gasteiger partial charge in [0, 0.05) is 23.7 Å². The van der Waals surface area contributed by atoms with Crippen LogP contribution in [-0.4, -0.2) is 26.0 Å². The summed E-state index contributed by atoms with van der Waals surface area (Å²) in [5, 5.41) is 8.93. The normalized spacial score (nSPS) is 11.1. The van der Waals surface area contributed by atoms with Gasteiger partial charge in [-0.2, -0.15) is 0 Å². The first-order chi connectivity index (χ1) is 14.6. The lowest BCUT2D eigenvalue weighted by Gasteiger charge is -2.10. The number of aryl methyl sites for hydroxylation is 1. The van der Waals surface area contributed by atoms with Crippen LogP contribution in [0, 0.1) is 5.82 Å². The molecule has 7 heteroatoms. The number of halogens is 1. The maximum absolute atomic E-state index is 14.0. The average molecular weight is 414 g/mol. The Balaban J connectivity index is 1.63. The standard InChI is InChI=1S/C23H15FN4OS/c1-28-13-25-27-22(28)19-11-17(24)6-7-18(19)15-3-2-4-16(10-15)23-26-20-8-5-14(12-29)9-21(20)30-23/h2-13H,1H3. The van der Waals surface area contributed by atoms with Crippen molar-refractivity contribution < 1.29 is 9.18 Å². The number of fused-ring (bicyclic) bond motifs is 1. The number of hydrogen-bond donors (Lipinski definition) is 0. The van der Waals surface area contributed by atoms with Crippen molar-refractivity contribution in [2.45, 2.75) is 0 Å². The van der Waals surface area contributed by atoms with Gasteiger partial charge < -0.3 is 4.57 Å². The van der Waals surface area contributed by atoms with Crippen LogP contribution in [0.2, 0.25) is 0 Å². The van der Waals surface area contributed by atoms with Crippen LogP contribution in [0.3, 0.4) is 0 Å². The molecule has 0 saturated carbocycles. The Morgan fingerprint density at radius 2 is 1.87 bits per heavy atom. The minimum atomic E-state index is -0.329. The lowest BCUT2D eigenvalue weighted by Crippen LogP contribution is -1.95. The summed E-state index contributed by atoms with van der Waals surface area (Å²) in [6.45, 7) is 0. The van der Waals surface area contributed by atoms with E-state index < -0.39 is 0 Å². The zero-order valence-corrected chi connectivity index (χ0v) is 16.7. The van der Waals surface area contributed by atoms with E-state index in [0.717, 1.165) is 38.2 Å². The van der Waals surface area contributed by atoms with Gasteiger partial charge in [0.15, 0.2) is 5.82 Å². The quantitative estimate of drug-likeness (QED) is 0.371. The molecule has 5 aromatic rings. The molecule has 0 amide bonds. The van der Waals surface area contributed by atoms with E-state index in [-0.39, 0.29) is 5.82 Å². The van der Waals surface area contributed by atoms with Crippen LogP contribution in [0.4, 0.5) is 4.39 Å². The third kappa shape index (κ3) is 3.19. The summed E-state index contributed by atoms with van der Waals surface area (Å²) >= 11 is 1.53. The number of aldehydes is 1. The highest BCUT2D eigenvalue weighted by Crippen LogP contribution is 2.36. The molecule has 0 aliphatic carbocycles. The number of rotatable bonds is 4. The van der Waals surface area contributed by atoms with Crippen LogP contribution in [-0.2, 0) is 7.05 Å². The summed E-state index contributed by atoms with van der Waals surface area (Å²) in [5.41, 5.74) is 4.90. The summed E-state index contributed by atoms with van der Waals surface area (Å²) in [6.07, 6.45) is 2.43. The van der Waals surface area contributed by atoms with Crippen molar-refractivity contribution in [1.82, 2.24) is 19.7 Å². The minimum Gasteiger partial charge on any atom is -0.317 e. The van der Waals surface area contributed by atoms with Crippen LogP contribution in [0.25, 0.3) is 43.3 Å². The van der Waals surface area contributed by atoms with Gasteiger partial charge in [-0.1, -0.05) is 24.3 Å². The molecule has 146 valence electrons. The Morgan fingerprint density at radius 1 is 1.00 bits per heavy atom. The molecule has 0 aliphatic rings. The minimum absolute atomic E-state index is 0.329. The van der Waals surface area contributed by atoms with Gasteiger partial charge in [0.2, 0.25) is 0 Å². The van der Waals surface area contributed by atoms with Crippen LogP contribution in [0.15, 0.2) is 67.0 Å². The van der Waals surface area contributed by atoms with Gasteiger partial charge in [0.05, 0.1) is 10.2 Å². The van der Waals surface area contributed by atoms with Crippen molar-refractivity contribution in [2.24, 2.45) is 7.05 Å². The highest BCUT2D eigenvalue weighted by Gasteiger charge is 2.15. The largest absolute Gasteiger partial charge is 0.317 e. The average Bonchev–Trinajstić information content (AvgIpc) is 3.39. The number of nitrogens with zero attached hydrogens (tertiary/aromatic N) is 4. The van der Waals surface area contributed by atoms with Crippen LogP contribution in [0.5, 0.6) is 0 Å². The summed E-state index contributed by atoms with van der Waals surface area (Å²) in [4.78, 5) is 15.8. The molecule has 0 atom stereocenters. The van der Waals surface area contributed by atoms with E-state index in [1.54, 1.807) is 23.0 Å². The number of hydrogen-bond acceptors (Lipinski definition) is 5. The topological polar surface area (TPSA) is 60.7 Å². The van der Waals surface area contributed by atoms with E-state index in [9.17, 15) is 9.18 Å². The highest BCUT2D eigenvalue weighted by molar-refractivity contribution is 7.21. The van der Waals surface area contributed by atoms with Gasteiger partial charge in [-0.25, -0.2) is 9.37 Å². The molecule has 0 radical (unpaired) electrons. The van der Waals surface area contributed by atoms with Crippen LogP contribution < -0.4 is 0 Å². The molecular formula is C23H15FN4OS. The molecule has 0 bridgehead atoms. The monoisotopic (exact) mass is 414 g/mol. The molecule has 2 heterocycles. The van der Waals surface area contributed by atoms with Crippen molar-refractivity contribution >= 4 is 27.8 Å². The number of thiazole rings is 1. The Morgan fingerprint density at radius 3 is 2.67 bits per heavy atom. The van der Waals surface area contributed by atoms with E-state index in [1.807, 2.05) is 43.4 Å². The molecule has 5 rings (SSSR count). The van der Waals surface area contributed by atoms with Crippen molar-refractivity contribution in [3.05, 3.63) is 78.4 Å². The second-order valence-corrected chi connectivity index (χ2v) is 7.93. The molecule has 3 aromatic carbocycles. The number of aromatic nitrogens is 4. The fraction of sp³-hybridized carbons (Fsp3) is 0.0435. The molecule has 0 fully saturated rings. The number of carbonyl (C=O) groups is 1. The highest BCUT2D eigenvalue weighted by atomic mass is 32.1. The van der Waals surface area contributed by atoms with Crippen LogP contribution >= 0.6 is 11.3 Å². The molecule has 0 N–H and O–H groups in total. The maximum atomic E-state index is 14.0. The number of carbonyl (C=O) groups excluding carboxylic acids is 1. The Labute approximate surface area is 175 Å². The SMILES string of the molecule is Cn1cnnc1-c1cc(F)ccc1-c1cccc(-c2nc3ccc(C=O)cc3s2)c1. The molecular weight excluding hydrogens is 399 g/mol. The first kappa shape index (κ1) is 18.3. The van der Waals surface area contributed by atoms with Gasteiger partial charge in [0.25, 0.3) is 0 Å². The number of benzene rings is 3. The smallest absolute Gasteiger partial charge is 0.164 e. The first-order valence-corrected chi connectivity index (χ1v) is 10.0. The zero-order chi connectivity index (χ0) is 20.7. The Bertz CT molecular complexity index is 1410. The fourth-order valence-electron chi connectivity index (χ4n) is 3.44. The molecule has 0 unspecified atom stereocenters. The lowest BCUT2D eigenvalue weighted by molar-refractivity contribution is 0.112. The molecule has 0 aliphatic heterocycles. The van der Waals surface area contributed by atoms with Crippen molar-refractivity contribution in [2.75, 3.05) is 0 Å². The van der Waals surface area contributed by atoms with Gasteiger partial charge in [-0.3, -0.25) is 4.79 Å². The predicted octanol–water partition coefficient (Wildman–Crippen LogP) is 5.38. The van der Waals surface area contributed by atoms with E-state index in [2.05, 4.69) is 10.2 Å². The molecule has 30 heavy (non-hydrogen) atoms. The fourth-order valence-corrected chi connectivity index (χ4v) is 4.45. The van der Waals surface area contributed by atoms with Crippen LogP contribution in [0.1, 0.15) is 10.4 Å². The third-order valence-electron chi connectivity index (χ3n) is 4.90. The van der Waals surface area contributed by atoms with Gasteiger partial charge >= 0.3 is 0 Å². The maximum Gasteiger partial charge on any atom is 0.164 e. The first-order valence-electron chi connectivity index (χ1n) is 9.23. The van der Waals surface area contributed by atoms with Crippen molar-refractivity contribution in [3.8, 4) is 33.1 Å². The summed E-state index contributed by atoms with van der Waals surface area (Å²) in [5.74, 6) is 0.265.